The Morgan fingerprint density at radius 2 is 2.07 bits per heavy atom. The number of hydrogen-bond acceptors (Lipinski definition) is 2. The highest BCUT2D eigenvalue weighted by atomic mass is 16.1. The van der Waals surface area contributed by atoms with E-state index in [0.717, 1.165) is 12.3 Å². The molecule has 1 unspecified atom stereocenters. The molecule has 0 aromatic carbocycles. The van der Waals surface area contributed by atoms with Crippen molar-refractivity contribution >= 4 is 11.7 Å². The summed E-state index contributed by atoms with van der Waals surface area (Å²) in [5.74, 6) is 1.46. The molecule has 1 aliphatic heterocycles. The lowest BCUT2D eigenvalue weighted by Crippen LogP contribution is -2.38. The second kappa shape index (κ2) is 4.64. The molecule has 3 N–H and O–H groups in total. The van der Waals surface area contributed by atoms with Gasteiger partial charge in [-0.1, -0.05) is 12.8 Å². The van der Waals surface area contributed by atoms with Gasteiger partial charge in [0, 0.05) is 18.9 Å². The molecule has 15 heavy (non-hydrogen) atoms. The summed E-state index contributed by atoms with van der Waals surface area (Å²) in [7, 11) is 0. The van der Waals surface area contributed by atoms with Crippen LogP contribution in [0.4, 0.5) is 0 Å². The lowest BCUT2D eigenvalue weighted by atomic mass is 10.1. The van der Waals surface area contributed by atoms with Crippen LogP contribution in [0.1, 0.15) is 38.5 Å². The molecule has 1 saturated heterocycles. The smallest absolute Gasteiger partial charge is 0.220 e. The van der Waals surface area contributed by atoms with Gasteiger partial charge in [-0.3, -0.25) is 9.79 Å². The number of piperidine rings is 1. The summed E-state index contributed by atoms with van der Waals surface area (Å²) >= 11 is 0. The third-order valence-corrected chi connectivity index (χ3v) is 3.34. The number of aliphatic imine (C=N–C) groups is 1. The topological polar surface area (TPSA) is 67.5 Å². The molecule has 4 heteroatoms. The van der Waals surface area contributed by atoms with E-state index in [1.54, 1.807) is 0 Å². The molecule has 2 rings (SSSR count). The van der Waals surface area contributed by atoms with Gasteiger partial charge in [-0.05, 0) is 19.3 Å². The van der Waals surface area contributed by atoms with Crippen LogP contribution in [0.2, 0.25) is 0 Å². The molecule has 0 spiro atoms. The Morgan fingerprint density at radius 3 is 2.67 bits per heavy atom. The zero-order valence-electron chi connectivity index (χ0n) is 9.04. The van der Waals surface area contributed by atoms with E-state index in [1.165, 1.54) is 25.7 Å². The van der Waals surface area contributed by atoms with Crippen molar-refractivity contribution in [3.63, 3.8) is 0 Å². The van der Waals surface area contributed by atoms with E-state index in [-0.39, 0.29) is 11.9 Å². The quantitative estimate of drug-likeness (QED) is 0.522. The molecule has 2 fully saturated rings. The Morgan fingerprint density at radius 1 is 1.33 bits per heavy atom. The van der Waals surface area contributed by atoms with Crippen LogP contribution in [0.15, 0.2) is 4.99 Å². The first-order valence-electron chi connectivity index (χ1n) is 5.85. The predicted octanol–water partition coefficient (Wildman–Crippen LogP) is 0.812. The molecule has 0 bridgehead atoms. The van der Waals surface area contributed by atoms with Crippen molar-refractivity contribution in [3.8, 4) is 0 Å². The minimum atomic E-state index is 0.140. The van der Waals surface area contributed by atoms with E-state index in [1.807, 2.05) is 0 Å². The van der Waals surface area contributed by atoms with E-state index in [2.05, 4.69) is 10.3 Å². The fourth-order valence-electron chi connectivity index (χ4n) is 2.37. The highest BCUT2D eigenvalue weighted by Gasteiger charge is 2.22. The summed E-state index contributed by atoms with van der Waals surface area (Å²) in [6, 6.07) is 0.211. The average molecular weight is 209 g/mol. The van der Waals surface area contributed by atoms with Crippen LogP contribution in [-0.4, -0.2) is 24.3 Å². The van der Waals surface area contributed by atoms with E-state index in [0.29, 0.717) is 18.9 Å². The largest absolute Gasteiger partial charge is 0.387 e. The Hall–Kier alpha value is -1.06. The summed E-state index contributed by atoms with van der Waals surface area (Å²) in [5.41, 5.74) is 5.98. The number of amidine groups is 1. The lowest BCUT2D eigenvalue weighted by molar-refractivity contribution is -0.122. The van der Waals surface area contributed by atoms with E-state index in [4.69, 9.17) is 5.73 Å². The molecular weight excluding hydrogens is 190 g/mol. The fraction of sp³-hybridized carbons (Fsp3) is 0.818. The van der Waals surface area contributed by atoms with Gasteiger partial charge in [0.05, 0.1) is 11.9 Å². The van der Waals surface area contributed by atoms with Gasteiger partial charge in [0.2, 0.25) is 5.91 Å². The van der Waals surface area contributed by atoms with Crippen molar-refractivity contribution in [1.82, 2.24) is 5.32 Å². The van der Waals surface area contributed by atoms with Crippen molar-refractivity contribution in [3.05, 3.63) is 0 Å². The van der Waals surface area contributed by atoms with Crippen LogP contribution in [0, 0.1) is 5.92 Å². The normalized spacial score (nSPS) is 29.2. The van der Waals surface area contributed by atoms with Crippen molar-refractivity contribution in [2.45, 2.75) is 44.6 Å². The Bertz CT molecular complexity index is 259. The second-order valence-electron chi connectivity index (χ2n) is 4.53. The summed E-state index contributed by atoms with van der Waals surface area (Å²) in [6.45, 7) is 0.659. The third-order valence-electron chi connectivity index (χ3n) is 3.34. The molecule has 0 aromatic rings. The summed E-state index contributed by atoms with van der Waals surface area (Å²) in [4.78, 5) is 15.5. The summed E-state index contributed by atoms with van der Waals surface area (Å²) < 4.78 is 0. The molecule has 1 amide bonds. The molecule has 1 saturated carbocycles. The van der Waals surface area contributed by atoms with E-state index < -0.39 is 0 Å². The van der Waals surface area contributed by atoms with Gasteiger partial charge in [0.25, 0.3) is 0 Å². The van der Waals surface area contributed by atoms with Crippen LogP contribution in [0.25, 0.3) is 0 Å². The highest BCUT2D eigenvalue weighted by molar-refractivity contribution is 5.83. The van der Waals surface area contributed by atoms with Crippen LogP contribution in [0.3, 0.4) is 0 Å². The third kappa shape index (κ3) is 2.70. The van der Waals surface area contributed by atoms with Crippen LogP contribution >= 0.6 is 0 Å². The first kappa shape index (κ1) is 10.5. The van der Waals surface area contributed by atoms with Crippen LogP contribution in [-0.2, 0) is 4.79 Å². The molecule has 2 aliphatic rings. The van der Waals surface area contributed by atoms with Gasteiger partial charge < -0.3 is 11.1 Å². The molecule has 1 heterocycles. The van der Waals surface area contributed by atoms with Gasteiger partial charge in [0.1, 0.15) is 0 Å². The molecule has 0 radical (unpaired) electrons. The van der Waals surface area contributed by atoms with Crippen molar-refractivity contribution in [1.29, 1.82) is 0 Å². The van der Waals surface area contributed by atoms with Crippen molar-refractivity contribution < 1.29 is 4.79 Å². The fourth-order valence-corrected chi connectivity index (χ4v) is 2.37. The highest BCUT2D eigenvalue weighted by Crippen LogP contribution is 2.25. The van der Waals surface area contributed by atoms with Crippen molar-refractivity contribution in [2.75, 3.05) is 6.54 Å². The summed E-state index contributed by atoms with van der Waals surface area (Å²) in [5, 5.41) is 2.83. The SMILES string of the molecule is NC(=NC1CCC(=O)NC1)C1CCCC1. The Kier molecular flexibility index (Phi) is 3.23. The number of carbonyl (C=O) groups excluding carboxylic acids is 1. The number of carbonyl (C=O) groups is 1. The number of nitrogens with zero attached hydrogens (tertiary/aromatic N) is 1. The summed E-state index contributed by atoms with van der Waals surface area (Å²) in [6.07, 6.45) is 6.37. The number of amides is 1. The van der Waals surface area contributed by atoms with Gasteiger partial charge in [-0.2, -0.15) is 0 Å². The zero-order valence-corrected chi connectivity index (χ0v) is 9.04. The number of nitrogens with one attached hydrogen (secondary N) is 1. The molecule has 1 aliphatic carbocycles. The maximum atomic E-state index is 11.0. The van der Waals surface area contributed by atoms with Gasteiger partial charge in [-0.15, -0.1) is 0 Å². The Labute approximate surface area is 90.3 Å². The second-order valence-corrected chi connectivity index (χ2v) is 4.53. The number of hydrogen-bond donors (Lipinski definition) is 2. The minimum absolute atomic E-state index is 0.140. The monoisotopic (exact) mass is 209 g/mol. The minimum Gasteiger partial charge on any atom is -0.387 e. The maximum absolute atomic E-state index is 11.0. The number of nitrogens with two attached hydrogens (primary N) is 1. The lowest BCUT2D eigenvalue weighted by Gasteiger charge is -2.20. The zero-order chi connectivity index (χ0) is 10.7. The van der Waals surface area contributed by atoms with E-state index >= 15 is 0 Å². The maximum Gasteiger partial charge on any atom is 0.220 e. The molecule has 0 aromatic heterocycles. The average Bonchev–Trinajstić information content (AvgIpc) is 2.74. The van der Waals surface area contributed by atoms with E-state index in [9.17, 15) is 4.79 Å². The molecule has 84 valence electrons. The van der Waals surface area contributed by atoms with Crippen LogP contribution in [0.5, 0.6) is 0 Å². The first-order chi connectivity index (χ1) is 7.25. The van der Waals surface area contributed by atoms with Crippen molar-refractivity contribution in [2.24, 2.45) is 16.6 Å². The Balaban J connectivity index is 1.88. The standard InChI is InChI=1S/C11H19N3O/c12-11(8-3-1-2-4-8)14-9-5-6-10(15)13-7-9/h8-9H,1-7H2,(H2,12,14)(H,13,15). The molecule has 4 nitrogen and oxygen atoms in total. The molecular formula is C11H19N3O. The first-order valence-corrected chi connectivity index (χ1v) is 5.85. The van der Waals surface area contributed by atoms with Gasteiger partial charge in [-0.25, -0.2) is 0 Å². The predicted molar refractivity (Wildman–Crippen MR) is 59.6 cm³/mol. The van der Waals surface area contributed by atoms with Gasteiger partial charge in [0.15, 0.2) is 0 Å². The van der Waals surface area contributed by atoms with Gasteiger partial charge >= 0.3 is 0 Å². The number of rotatable bonds is 2. The molecule has 1 atom stereocenters. The van der Waals surface area contributed by atoms with Crippen LogP contribution < -0.4 is 11.1 Å².